The number of carbonyl (C=O) groups is 3. The van der Waals surface area contributed by atoms with Crippen LogP contribution in [-0.2, 0) is 23.9 Å². The number of rotatable bonds is 2. The molecule has 5 nitrogen and oxygen atoms in total. The molecule has 14 heavy (non-hydrogen) atoms. The van der Waals surface area contributed by atoms with Gasteiger partial charge in [0.05, 0.1) is 0 Å². The molecule has 0 radical (unpaired) electrons. The average Bonchev–Trinajstić information content (AvgIpc) is 2.73. The highest BCUT2D eigenvalue weighted by Crippen LogP contribution is 2.14. The maximum Gasteiger partial charge on any atom is 0.331 e. The lowest BCUT2D eigenvalue weighted by molar-refractivity contribution is -0.152. The molecule has 2 heterocycles. The molecule has 2 aliphatic rings. The van der Waals surface area contributed by atoms with Crippen molar-refractivity contribution in [3.05, 3.63) is 24.3 Å². The zero-order valence-electron chi connectivity index (χ0n) is 7.01. The quantitative estimate of drug-likeness (QED) is 0.555. The highest BCUT2D eigenvalue weighted by Gasteiger charge is 2.33. The van der Waals surface area contributed by atoms with Crippen molar-refractivity contribution in [3.8, 4) is 0 Å². The lowest BCUT2D eigenvalue weighted by Crippen LogP contribution is -2.31. The van der Waals surface area contributed by atoms with Crippen LogP contribution in [0.1, 0.15) is 0 Å². The summed E-state index contributed by atoms with van der Waals surface area (Å²) in [4.78, 5) is 32.8. The molecule has 0 saturated carbocycles. The molecule has 2 rings (SSSR count). The highest BCUT2D eigenvalue weighted by atomic mass is 16.6. The van der Waals surface area contributed by atoms with E-state index in [4.69, 9.17) is 0 Å². The Balaban J connectivity index is 2.03. The number of Topliss-reactive ketones (excluding diaryl/α,β-unsaturated/α-hetero) is 1. The van der Waals surface area contributed by atoms with Crippen LogP contribution in [0.4, 0.5) is 0 Å². The molecule has 5 heteroatoms. The van der Waals surface area contributed by atoms with Gasteiger partial charge in [-0.1, -0.05) is 0 Å². The van der Waals surface area contributed by atoms with Gasteiger partial charge in [-0.05, 0) is 12.2 Å². The number of hydrogen-bond donors (Lipinski definition) is 0. The Labute approximate surface area is 79.0 Å². The Morgan fingerprint density at radius 2 is 1.43 bits per heavy atom. The predicted molar refractivity (Wildman–Crippen MR) is 43.0 cm³/mol. The third-order valence-corrected chi connectivity index (χ3v) is 1.86. The highest BCUT2D eigenvalue weighted by molar-refractivity contribution is 6.00. The lowest BCUT2D eigenvalue weighted by Gasteiger charge is -2.11. The first-order valence-electron chi connectivity index (χ1n) is 3.98. The van der Waals surface area contributed by atoms with E-state index in [1.807, 2.05) is 0 Å². The molecule has 2 atom stereocenters. The fourth-order valence-corrected chi connectivity index (χ4v) is 1.21. The van der Waals surface area contributed by atoms with Crippen LogP contribution in [0.2, 0.25) is 0 Å². The fourth-order valence-electron chi connectivity index (χ4n) is 1.21. The molecule has 0 spiro atoms. The third-order valence-electron chi connectivity index (χ3n) is 1.86. The number of cyclic esters (lactones) is 2. The van der Waals surface area contributed by atoms with Gasteiger partial charge < -0.3 is 9.47 Å². The maximum atomic E-state index is 11.5. The molecule has 2 aliphatic heterocycles. The van der Waals surface area contributed by atoms with Crippen molar-refractivity contribution in [1.82, 2.24) is 0 Å². The van der Waals surface area contributed by atoms with Crippen molar-refractivity contribution in [2.45, 2.75) is 12.2 Å². The molecule has 0 aliphatic carbocycles. The Bertz CT molecular complexity index is 331. The summed E-state index contributed by atoms with van der Waals surface area (Å²) >= 11 is 0. The van der Waals surface area contributed by atoms with Gasteiger partial charge in [-0.3, -0.25) is 4.79 Å². The molecule has 0 N–H and O–H groups in total. The minimum atomic E-state index is -0.928. The van der Waals surface area contributed by atoms with Crippen LogP contribution in [0.5, 0.6) is 0 Å². The lowest BCUT2D eigenvalue weighted by atomic mass is 10.1. The minimum Gasteiger partial charge on any atom is -0.447 e. The SMILES string of the molecule is O=C1C=CC(C(=O)C2C=CC(=O)O2)O1. The molecule has 0 aromatic rings. The summed E-state index contributed by atoms with van der Waals surface area (Å²) < 4.78 is 9.29. The monoisotopic (exact) mass is 194 g/mol. The van der Waals surface area contributed by atoms with Crippen molar-refractivity contribution in [1.29, 1.82) is 0 Å². The maximum absolute atomic E-state index is 11.5. The molecule has 0 aromatic carbocycles. The summed E-state index contributed by atoms with van der Waals surface area (Å²) in [7, 11) is 0. The van der Waals surface area contributed by atoms with Crippen molar-refractivity contribution in [2.24, 2.45) is 0 Å². The van der Waals surface area contributed by atoms with Crippen molar-refractivity contribution in [2.75, 3.05) is 0 Å². The smallest absolute Gasteiger partial charge is 0.331 e. The molecule has 0 amide bonds. The van der Waals surface area contributed by atoms with E-state index in [9.17, 15) is 14.4 Å². The standard InChI is InChI=1S/C9H6O5/c10-7-3-1-5(13-7)9(12)6-2-4-8(11)14-6/h1-6H. The predicted octanol–water partition coefficient (Wildman–Crippen LogP) is -0.481. The van der Waals surface area contributed by atoms with Crippen LogP contribution in [-0.4, -0.2) is 29.9 Å². The van der Waals surface area contributed by atoms with Crippen LogP contribution >= 0.6 is 0 Å². The fraction of sp³-hybridized carbons (Fsp3) is 0.222. The van der Waals surface area contributed by atoms with Crippen molar-refractivity contribution < 1.29 is 23.9 Å². The van der Waals surface area contributed by atoms with E-state index in [2.05, 4.69) is 9.47 Å². The van der Waals surface area contributed by atoms with E-state index < -0.39 is 29.9 Å². The summed E-state index contributed by atoms with van der Waals surface area (Å²) in [5, 5.41) is 0. The van der Waals surface area contributed by atoms with Crippen LogP contribution in [0, 0.1) is 0 Å². The first kappa shape index (κ1) is 8.68. The topological polar surface area (TPSA) is 69.7 Å². The number of esters is 2. The van der Waals surface area contributed by atoms with Crippen LogP contribution in [0.3, 0.4) is 0 Å². The van der Waals surface area contributed by atoms with Gasteiger partial charge in [-0.15, -0.1) is 0 Å². The summed E-state index contributed by atoms with van der Waals surface area (Å²) in [6, 6.07) is 0. The average molecular weight is 194 g/mol. The van der Waals surface area contributed by atoms with E-state index in [0.717, 1.165) is 0 Å². The molecule has 0 saturated heterocycles. The van der Waals surface area contributed by atoms with E-state index >= 15 is 0 Å². The Morgan fingerprint density at radius 3 is 1.71 bits per heavy atom. The van der Waals surface area contributed by atoms with Crippen LogP contribution in [0.25, 0.3) is 0 Å². The third kappa shape index (κ3) is 1.44. The van der Waals surface area contributed by atoms with Gasteiger partial charge >= 0.3 is 11.9 Å². The van der Waals surface area contributed by atoms with Gasteiger partial charge in [0.2, 0.25) is 5.78 Å². The summed E-state index contributed by atoms with van der Waals surface area (Å²) in [6.07, 6.45) is 3.16. The summed E-state index contributed by atoms with van der Waals surface area (Å²) in [6.45, 7) is 0. The van der Waals surface area contributed by atoms with Gasteiger partial charge in [-0.2, -0.15) is 0 Å². The second-order valence-electron chi connectivity index (χ2n) is 2.84. The van der Waals surface area contributed by atoms with Gasteiger partial charge in [0.1, 0.15) is 0 Å². The largest absolute Gasteiger partial charge is 0.447 e. The zero-order chi connectivity index (χ0) is 10.1. The Kier molecular flexibility index (Phi) is 1.92. The molecular weight excluding hydrogens is 188 g/mol. The van der Waals surface area contributed by atoms with E-state index in [1.165, 1.54) is 24.3 Å². The molecule has 0 aromatic heterocycles. The van der Waals surface area contributed by atoms with Crippen molar-refractivity contribution >= 4 is 17.7 Å². The first-order valence-corrected chi connectivity index (χ1v) is 3.98. The molecule has 0 bridgehead atoms. The molecular formula is C9H6O5. The second kappa shape index (κ2) is 3.10. The molecule has 72 valence electrons. The van der Waals surface area contributed by atoms with Gasteiger partial charge in [-0.25, -0.2) is 9.59 Å². The minimum absolute atomic E-state index is 0.450. The summed E-state index contributed by atoms with van der Waals surface area (Å²) in [5.74, 6) is -1.57. The Hall–Kier alpha value is -1.91. The Morgan fingerprint density at radius 1 is 1.00 bits per heavy atom. The van der Waals surface area contributed by atoms with Gasteiger partial charge in [0.15, 0.2) is 12.2 Å². The van der Waals surface area contributed by atoms with Crippen LogP contribution < -0.4 is 0 Å². The van der Waals surface area contributed by atoms with Crippen LogP contribution in [0.15, 0.2) is 24.3 Å². The zero-order valence-corrected chi connectivity index (χ0v) is 7.01. The first-order chi connectivity index (χ1) is 6.66. The summed E-state index contributed by atoms with van der Waals surface area (Å²) in [5.41, 5.74) is 0. The second-order valence-corrected chi connectivity index (χ2v) is 2.84. The number of ether oxygens (including phenoxy) is 2. The number of hydrogen-bond acceptors (Lipinski definition) is 5. The van der Waals surface area contributed by atoms with E-state index in [-0.39, 0.29) is 0 Å². The molecule has 2 unspecified atom stereocenters. The number of ketones is 1. The molecule has 0 fully saturated rings. The van der Waals surface area contributed by atoms with Crippen molar-refractivity contribution in [3.63, 3.8) is 0 Å². The van der Waals surface area contributed by atoms with E-state index in [1.54, 1.807) is 0 Å². The van der Waals surface area contributed by atoms with E-state index in [0.29, 0.717) is 0 Å². The number of carbonyl (C=O) groups excluding carboxylic acids is 3. The van der Waals surface area contributed by atoms with Gasteiger partial charge in [0.25, 0.3) is 0 Å². The van der Waals surface area contributed by atoms with Gasteiger partial charge in [0, 0.05) is 12.2 Å². The normalized spacial score (nSPS) is 29.1.